The normalized spacial score (nSPS) is 24.2. The van der Waals surface area contributed by atoms with Gasteiger partial charge in [0.05, 0.1) is 6.61 Å². The summed E-state index contributed by atoms with van der Waals surface area (Å²) in [5, 5.41) is 17.6. The standard InChI is InChI=1S/C20H35N3O2/c1-6-7-19-21-22-20(25-19)12-16-11-18(14(2)3)17(10-15(16)4)13-23(5)8-9-24/h10,14,16-18,24H,6-9,11-13H2,1-5H3/t16-,17-,18-/m0/s1. The van der Waals surface area contributed by atoms with Gasteiger partial charge in [-0.1, -0.05) is 32.4 Å². The first-order valence-electron chi connectivity index (χ1n) is 9.73. The van der Waals surface area contributed by atoms with Crippen molar-refractivity contribution in [3.63, 3.8) is 0 Å². The molecule has 1 aliphatic rings. The highest BCUT2D eigenvalue weighted by atomic mass is 16.4. The van der Waals surface area contributed by atoms with Crippen LogP contribution in [0.1, 0.15) is 52.3 Å². The Balaban J connectivity index is 2.07. The molecule has 0 fully saturated rings. The summed E-state index contributed by atoms with van der Waals surface area (Å²) in [7, 11) is 2.09. The summed E-state index contributed by atoms with van der Waals surface area (Å²) in [6, 6.07) is 0. The summed E-state index contributed by atoms with van der Waals surface area (Å²) in [6.07, 6.45) is 6.36. The van der Waals surface area contributed by atoms with Gasteiger partial charge in [-0.25, -0.2) is 0 Å². The Morgan fingerprint density at radius 2 is 2.04 bits per heavy atom. The van der Waals surface area contributed by atoms with E-state index in [1.807, 2.05) is 0 Å². The number of aromatic nitrogens is 2. The minimum absolute atomic E-state index is 0.220. The molecule has 1 aromatic rings. The summed E-state index contributed by atoms with van der Waals surface area (Å²) in [4.78, 5) is 2.24. The van der Waals surface area contributed by atoms with Gasteiger partial charge < -0.3 is 14.4 Å². The largest absolute Gasteiger partial charge is 0.425 e. The number of likely N-dealkylation sites (N-methyl/N-ethyl adjacent to an activating group) is 1. The molecule has 5 heteroatoms. The lowest BCUT2D eigenvalue weighted by atomic mass is 9.69. The lowest BCUT2D eigenvalue weighted by Crippen LogP contribution is -2.36. The van der Waals surface area contributed by atoms with Crippen molar-refractivity contribution in [3.8, 4) is 0 Å². The zero-order chi connectivity index (χ0) is 18.4. The number of allylic oxidation sites excluding steroid dienone is 1. The van der Waals surface area contributed by atoms with Crippen LogP contribution in [-0.2, 0) is 12.8 Å². The molecule has 0 saturated heterocycles. The first-order chi connectivity index (χ1) is 11.9. The molecule has 0 saturated carbocycles. The van der Waals surface area contributed by atoms with Crippen LogP contribution in [0.4, 0.5) is 0 Å². The summed E-state index contributed by atoms with van der Waals surface area (Å²) in [5.41, 5.74) is 1.44. The highest BCUT2D eigenvalue weighted by molar-refractivity contribution is 5.14. The van der Waals surface area contributed by atoms with Crippen LogP contribution in [0, 0.1) is 23.7 Å². The molecule has 1 N–H and O–H groups in total. The van der Waals surface area contributed by atoms with E-state index < -0.39 is 0 Å². The average Bonchev–Trinajstić information content (AvgIpc) is 2.97. The molecule has 25 heavy (non-hydrogen) atoms. The Morgan fingerprint density at radius 3 is 2.68 bits per heavy atom. The van der Waals surface area contributed by atoms with Crippen molar-refractivity contribution in [1.29, 1.82) is 0 Å². The van der Waals surface area contributed by atoms with Crippen LogP contribution in [0.5, 0.6) is 0 Å². The molecule has 2 rings (SSSR count). The van der Waals surface area contributed by atoms with Crippen molar-refractivity contribution in [2.45, 2.75) is 53.4 Å². The SMILES string of the molecule is CCCc1nnc(C[C@@H]2C[C@@H](C(C)C)[C@H](CN(C)CCO)C=C2C)o1. The molecule has 1 aliphatic carbocycles. The van der Waals surface area contributed by atoms with Crippen molar-refractivity contribution in [1.82, 2.24) is 15.1 Å². The molecule has 142 valence electrons. The summed E-state index contributed by atoms with van der Waals surface area (Å²) >= 11 is 0. The molecule has 0 spiro atoms. The lowest BCUT2D eigenvalue weighted by molar-refractivity contribution is 0.156. The molecular formula is C20H35N3O2. The fraction of sp³-hybridized carbons (Fsp3) is 0.800. The maximum absolute atomic E-state index is 9.16. The summed E-state index contributed by atoms with van der Waals surface area (Å²) in [6.45, 7) is 11.0. The fourth-order valence-corrected chi connectivity index (χ4v) is 4.00. The van der Waals surface area contributed by atoms with Gasteiger partial charge in [0.2, 0.25) is 11.8 Å². The fourth-order valence-electron chi connectivity index (χ4n) is 4.00. The topological polar surface area (TPSA) is 62.4 Å². The van der Waals surface area contributed by atoms with Gasteiger partial charge in [-0.05, 0) is 50.5 Å². The van der Waals surface area contributed by atoms with Crippen LogP contribution >= 0.6 is 0 Å². The second-order valence-corrected chi connectivity index (χ2v) is 7.94. The quantitative estimate of drug-likeness (QED) is 0.693. The maximum Gasteiger partial charge on any atom is 0.217 e. The number of hydrogen-bond donors (Lipinski definition) is 1. The smallest absolute Gasteiger partial charge is 0.217 e. The molecule has 0 radical (unpaired) electrons. The maximum atomic E-state index is 9.16. The average molecular weight is 350 g/mol. The zero-order valence-corrected chi connectivity index (χ0v) is 16.5. The molecule has 1 heterocycles. The van der Waals surface area contributed by atoms with Gasteiger partial charge in [-0.2, -0.15) is 0 Å². The monoisotopic (exact) mass is 349 g/mol. The van der Waals surface area contributed by atoms with E-state index in [9.17, 15) is 0 Å². The number of aryl methyl sites for hydroxylation is 1. The van der Waals surface area contributed by atoms with Gasteiger partial charge in [0.1, 0.15) is 0 Å². The number of aliphatic hydroxyl groups excluding tert-OH is 1. The number of rotatable bonds is 9. The van der Waals surface area contributed by atoms with Crippen molar-refractivity contribution in [2.24, 2.45) is 23.7 Å². The highest BCUT2D eigenvalue weighted by Gasteiger charge is 2.32. The van der Waals surface area contributed by atoms with E-state index in [0.29, 0.717) is 23.7 Å². The van der Waals surface area contributed by atoms with E-state index in [1.54, 1.807) is 0 Å². The highest BCUT2D eigenvalue weighted by Crippen LogP contribution is 2.39. The molecule has 3 atom stereocenters. The number of aliphatic hydroxyl groups is 1. The summed E-state index contributed by atoms with van der Waals surface area (Å²) < 4.78 is 5.81. The third-order valence-corrected chi connectivity index (χ3v) is 5.48. The Morgan fingerprint density at radius 1 is 1.32 bits per heavy atom. The molecule has 0 aliphatic heterocycles. The predicted octanol–water partition coefficient (Wildman–Crippen LogP) is 3.34. The first kappa shape index (κ1) is 20.1. The van der Waals surface area contributed by atoms with E-state index in [1.165, 1.54) is 12.0 Å². The minimum atomic E-state index is 0.220. The van der Waals surface area contributed by atoms with Gasteiger partial charge in [0.25, 0.3) is 0 Å². The molecule has 1 aromatic heterocycles. The van der Waals surface area contributed by atoms with Gasteiger partial charge in [0, 0.05) is 25.9 Å². The van der Waals surface area contributed by atoms with E-state index in [-0.39, 0.29) is 6.61 Å². The molecule has 0 unspecified atom stereocenters. The lowest BCUT2D eigenvalue weighted by Gasteiger charge is -2.38. The minimum Gasteiger partial charge on any atom is -0.425 e. The molecular weight excluding hydrogens is 314 g/mol. The first-order valence-corrected chi connectivity index (χ1v) is 9.73. The van der Waals surface area contributed by atoms with Crippen LogP contribution < -0.4 is 0 Å². The van der Waals surface area contributed by atoms with Gasteiger partial charge in [-0.15, -0.1) is 10.2 Å². The second kappa shape index (κ2) is 9.48. The van der Waals surface area contributed by atoms with Crippen molar-refractivity contribution >= 4 is 0 Å². The Kier molecular flexibility index (Phi) is 7.63. The summed E-state index contributed by atoms with van der Waals surface area (Å²) in [5.74, 6) is 3.86. The second-order valence-electron chi connectivity index (χ2n) is 7.94. The Bertz CT molecular complexity index is 553. The van der Waals surface area contributed by atoms with Crippen LogP contribution in [0.3, 0.4) is 0 Å². The molecule has 5 nitrogen and oxygen atoms in total. The van der Waals surface area contributed by atoms with Crippen LogP contribution in [0.15, 0.2) is 16.1 Å². The third-order valence-electron chi connectivity index (χ3n) is 5.48. The number of nitrogens with zero attached hydrogens (tertiary/aromatic N) is 3. The van der Waals surface area contributed by atoms with Crippen molar-refractivity contribution in [3.05, 3.63) is 23.4 Å². The Hall–Kier alpha value is -1.20. The number of hydrogen-bond acceptors (Lipinski definition) is 5. The molecule has 0 bridgehead atoms. The van der Waals surface area contributed by atoms with Gasteiger partial charge in [-0.3, -0.25) is 0 Å². The van der Waals surface area contributed by atoms with Crippen LogP contribution in [-0.4, -0.2) is 46.9 Å². The third kappa shape index (κ3) is 5.65. The van der Waals surface area contributed by atoms with Crippen LogP contribution in [0.2, 0.25) is 0 Å². The van der Waals surface area contributed by atoms with E-state index in [0.717, 1.165) is 44.1 Å². The van der Waals surface area contributed by atoms with Gasteiger partial charge >= 0.3 is 0 Å². The molecule has 0 aromatic carbocycles. The van der Waals surface area contributed by atoms with E-state index >= 15 is 0 Å². The van der Waals surface area contributed by atoms with Crippen LogP contribution in [0.25, 0.3) is 0 Å². The predicted molar refractivity (Wildman–Crippen MR) is 100 cm³/mol. The van der Waals surface area contributed by atoms with Gasteiger partial charge in [0.15, 0.2) is 0 Å². The van der Waals surface area contributed by atoms with E-state index in [2.05, 4.69) is 55.9 Å². The molecule has 0 amide bonds. The van der Waals surface area contributed by atoms with E-state index in [4.69, 9.17) is 9.52 Å². The van der Waals surface area contributed by atoms with Crippen molar-refractivity contribution in [2.75, 3.05) is 26.7 Å². The van der Waals surface area contributed by atoms with Crippen molar-refractivity contribution < 1.29 is 9.52 Å². The Labute approximate surface area is 152 Å². The zero-order valence-electron chi connectivity index (χ0n) is 16.5.